The summed E-state index contributed by atoms with van der Waals surface area (Å²) in [5, 5.41) is 13.3. The van der Waals surface area contributed by atoms with Gasteiger partial charge in [-0.3, -0.25) is 14.4 Å². The number of rotatable bonds is 8. The summed E-state index contributed by atoms with van der Waals surface area (Å²) in [5.41, 5.74) is 0.566. The standard InChI is InChI=1S/C27H38N2O6/c1-7-34-25(33)21-20-24(32)29(18(14-30)12-15(2)3)22(27(20)11-10-26(21,6)35-27)23(31)28-19-13-16(4)8-9-17(19)5/h8-9,13,15,18,20-22,30H,7,10-12,14H2,1-6H3,(H,28,31)/t18-,20+,21-,22?,26+,27?/m1/s1. The lowest BCUT2D eigenvalue weighted by Gasteiger charge is -2.37. The Hall–Kier alpha value is -2.45. The molecular weight excluding hydrogens is 448 g/mol. The van der Waals surface area contributed by atoms with Gasteiger partial charge >= 0.3 is 5.97 Å². The monoisotopic (exact) mass is 486 g/mol. The molecule has 3 fully saturated rings. The number of hydrogen-bond acceptors (Lipinski definition) is 6. The minimum atomic E-state index is -1.14. The zero-order valence-electron chi connectivity index (χ0n) is 21.6. The van der Waals surface area contributed by atoms with E-state index in [1.165, 1.54) is 4.90 Å². The first kappa shape index (κ1) is 25.6. The van der Waals surface area contributed by atoms with E-state index in [9.17, 15) is 19.5 Å². The van der Waals surface area contributed by atoms with Crippen LogP contribution in [0.4, 0.5) is 5.69 Å². The SMILES string of the molecule is CCOC(=O)[C@H]1[C@H]2C(=O)N([C@@H](CO)CC(C)C)C(C(=O)Nc3cc(C)ccc3C)C23CC[C@]1(C)O3. The molecule has 1 aromatic carbocycles. The molecule has 0 aromatic heterocycles. The molecule has 3 saturated heterocycles. The third kappa shape index (κ3) is 4.04. The third-order valence-corrected chi connectivity index (χ3v) is 8.00. The average Bonchev–Trinajstić information content (AvgIpc) is 3.35. The quantitative estimate of drug-likeness (QED) is 0.548. The van der Waals surface area contributed by atoms with Crippen molar-refractivity contribution in [3.8, 4) is 0 Å². The number of aliphatic hydroxyl groups is 1. The summed E-state index contributed by atoms with van der Waals surface area (Å²) in [7, 11) is 0. The molecule has 3 aliphatic rings. The van der Waals surface area contributed by atoms with Gasteiger partial charge in [0.1, 0.15) is 17.6 Å². The molecule has 0 aliphatic carbocycles. The lowest BCUT2D eigenvalue weighted by atomic mass is 9.66. The number of aryl methyl sites for hydroxylation is 2. The van der Waals surface area contributed by atoms with Gasteiger partial charge in [0.05, 0.1) is 30.8 Å². The second kappa shape index (κ2) is 9.21. The molecule has 1 spiro atoms. The summed E-state index contributed by atoms with van der Waals surface area (Å²) in [6, 6.07) is 4.29. The van der Waals surface area contributed by atoms with Gasteiger partial charge in [0, 0.05) is 5.69 Å². The molecule has 8 nitrogen and oxygen atoms in total. The first-order valence-electron chi connectivity index (χ1n) is 12.7. The van der Waals surface area contributed by atoms with Crippen molar-refractivity contribution in [2.24, 2.45) is 17.8 Å². The molecule has 1 aromatic rings. The summed E-state index contributed by atoms with van der Waals surface area (Å²) in [5.74, 6) is -2.55. The number of ether oxygens (including phenoxy) is 2. The maximum absolute atomic E-state index is 14.1. The van der Waals surface area contributed by atoms with Crippen molar-refractivity contribution < 1.29 is 29.0 Å². The molecule has 2 bridgehead atoms. The highest BCUT2D eigenvalue weighted by Gasteiger charge is 2.78. The number of hydrogen-bond donors (Lipinski definition) is 2. The first-order chi connectivity index (χ1) is 16.5. The number of benzene rings is 1. The molecule has 6 atom stereocenters. The number of anilines is 1. The van der Waals surface area contributed by atoms with Crippen LogP contribution in [0.15, 0.2) is 18.2 Å². The van der Waals surface area contributed by atoms with Crippen molar-refractivity contribution >= 4 is 23.5 Å². The Kier molecular flexibility index (Phi) is 6.74. The van der Waals surface area contributed by atoms with Crippen molar-refractivity contribution in [2.45, 2.75) is 84.1 Å². The van der Waals surface area contributed by atoms with Crippen LogP contribution in [-0.2, 0) is 23.9 Å². The van der Waals surface area contributed by atoms with Crippen molar-refractivity contribution in [2.75, 3.05) is 18.5 Å². The molecule has 4 rings (SSSR count). The van der Waals surface area contributed by atoms with Gasteiger partial charge < -0.3 is 24.8 Å². The van der Waals surface area contributed by atoms with Gasteiger partial charge in [-0.05, 0) is 70.1 Å². The predicted octanol–water partition coefficient (Wildman–Crippen LogP) is 2.98. The number of amides is 2. The van der Waals surface area contributed by atoms with Gasteiger partial charge in [0.2, 0.25) is 11.8 Å². The maximum atomic E-state index is 14.1. The number of nitrogens with zero attached hydrogens (tertiary/aromatic N) is 1. The van der Waals surface area contributed by atoms with Crippen LogP contribution in [0.5, 0.6) is 0 Å². The number of aliphatic hydroxyl groups excluding tert-OH is 1. The second-order valence-corrected chi connectivity index (χ2v) is 11.0. The van der Waals surface area contributed by atoms with Crippen molar-refractivity contribution in [1.29, 1.82) is 0 Å². The number of carbonyl (C=O) groups excluding carboxylic acids is 3. The van der Waals surface area contributed by atoms with Crippen molar-refractivity contribution in [3.05, 3.63) is 29.3 Å². The fourth-order valence-electron chi connectivity index (χ4n) is 6.54. The van der Waals surface area contributed by atoms with Crippen LogP contribution in [-0.4, -0.2) is 64.3 Å². The van der Waals surface area contributed by atoms with E-state index in [1.807, 2.05) is 52.8 Å². The van der Waals surface area contributed by atoms with Crippen LogP contribution in [0.25, 0.3) is 0 Å². The second-order valence-electron chi connectivity index (χ2n) is 11.0. The van der Waals surface area contributed by atoms with E-state index in [0.717, 1.165) is 11.1 Å². The fourth-order valence-corrected chi connectivity index (χ4v) is 6.54. The molecule has 2 unspecified atom stereocenters. The molecule has 192 valence electrons. The maximum Gasteiger partial charge on any atom is 0.312 e. The van der Waals surface area contributed by atoms with Gasteiger partial charge in [-0.15, -0.1) is 0 Å². The highest BCUT2D eigenvalue weighted by atomic mass is 16.6. The molecule has 0 radical (unpaired) electrons. The van der Waals surface area contributed by atoms with Crippen LogP contribution in [0.2, 0.25) is 0 Å². The zero-order chi connectivity index (χ0) is 25.7. The zero-order valence-corrected chi connectivity index (χ0v) is 21.6. The first-order valence-corrected chi connectivity index (χ1v) is 12.7. The van der Waals surface area contributed by atoms with E-state index < -0.39 is 41.1 Å². The molecule has 2 N–H and O–H groups in total. The van der Waals surface area contributed by atoms with Gasteiger partial charge in [-0.2, -0.15) is 0 Å². The van der Waals surface area contributed by atoms with Crippen LogP contribution in [0, 0.1) is 31.6 Å². The number of nitrogens with one attached hydrogen (secondary N) is 1. The van der Waals surface area contributed by atoms with E-state index in [0.29, 0.717) is 24.9 Å². The Balaban J connectivity index is 1.79. The molecule has 0 saturated carbocycles. The largest absolute Gasteiger partial charge is 0.466 e. The molecular formula is C27H38N2O6. The number of carbonyl (C=O) groups is 3. The molecule has 8 heteroatoms. The Morgan fingerprint density at radius 1 is 1.29 bits per heavy atom. The van der Waals surface area contributed by atoms with E-state index in [-0.39, 0.29) is 30.9 Å². The highest BCUT2D eigenvalue weighted by Crippen LogP contribution is 2.63. The van der Waals surface area contributed by atoms with Crippen LogP contribution >= 0.6 is 0 Å². The Morgan fingerprint density at radius 3 is 2.63 bits per heavy atom. The van der Waals surface area contributed by atoms with Gasteiger partial charge in [-0.25, -0.2) is 0 Å². The van der Waals surface area contributed by atoms with Crippen LogP contribution < -0.4 is 5.32 Å². The fraction of sp³-hybridized carbons (Fsp3) is 0.667. The normalized spacial score (nSPS) is 32.2. The minimum absolute atomic E-state index is 0.191. The molecule has 3 heterocycles. The summed E-state index contributed by atoms with van der Waals surface area (Å²) in [6.07, 6.45) is 1.56. The van der Waals surface area contributed by atoms with Gasteiger partial charge in [-0.1, -0.05) is 26.0 Å². The van der Waals surface area contributed by atoms with Gasteiger partial charge in [0.25, 0.3) is 0 Å². The molecule has 35 heavy (non-hydrogen) atoms. The average molecular weight is 487 g/mol. The summed E-state index contributed by atoms with van der Waals surface area (Å²) < 4.78 is 11.9. The Bertz CT molecular complexity index is 1020. The van der Waals surface area contributed by atoms with E-state index in [4.69, 9.17) is 9.47 Å². The Labute approximate surface area is 207 Å². The number of likely N-dealkylation sites (tertiary alicyclic amines) is 1. The van der Waals surface area contributed by atoms with Gasteiger partial charge in [0.15, 0.2) is 0 Å². The lowest BCUT2D eigenvalue weighted by Crippen LogP contribution is -2.56. The predicted molar refractivity (Wildman–Crippen MR) is 131 cm³/mol. The minimum Gasteiger partial charge on any atom is -0.466 e. The Morgan fingerprint density at radius 2 is 2.00 bits per heavy atom. The van der Waals surface area contributed by atoms with Crippen molar-refractivity contribution in [1.82, 2.24) is 4.90 Å². The molecule has 3 aliphatic heterocycles. The number of fused-ring (bicyclic) bond motifs is 1. The highest BCUT2D eigenvalue weighted by molar-refractivity contribution is 6.03. The number of esters is 1. The topological polar surface area (TPSA) is 105 Å². The summed E-state index contributed by atoms with van der Waals surface area (Å²) in [6.45, 7) is 11.4. The van der Waals surface area contributed by atoms with Crippen molar-refractivity contribution in [3.63, 3.8) is 0 Å². The van der Waals surface area contributed by atoms with E-state index >= 15 is 0 Å². The smallest absolute Gasteiger partial charge is 0.312 e. The molecule has 2 amide bonds. The third-order valence-electron chi connectivity index (χ3n) is 8.00. The van der Waals surface area contributed by atoms with Crippen LogP contribution in [0.1, 0.15) is 58.1 Å². The summed E-state index contributed by atoms with van der Waals surface area (Å²) >= 11 is 0. The van der Waals surface area contributed by atoms with E-state index in [2.05, 4.69) is 5.32 Å². The van der Waals surface area contributed by atoms with Crippen LogP contribution in [0.3, 0.4) is 0 Å². The lowest BCUT2D eigenvalue weighted by molar-refractivity contribution is -0.160. The summed E-state index contributed by atoms with van der Waals surface area (Å²) in [4.78, 5) is 42.6. The van der Waals surface area contributed by atoms with E-state index in [1.54, 1.807) is 6.92 Å².